The van der Waals surface area contributed by atoms with Gasteiger partial charge in [-0.25, -0.2) is 0 Å². The Bertz CT molecular complexity index is 835. The van der Waals surface area contributed by atoms with Crippen molar-refractivity contribution in [1.82, 2.24) is 9.88 Å². The minimum Gasteiger partial charge on any atom is -0.484 e. The molecule has 1 saturated heterocycles. The Balaban J connectivity index is 1.63. The van der Waals surface area contributed by atoms with E-state index >= 15 is 0 Å². The van der Waals surface area contributed by atoms with Crippen molar-refractivity contribution >= 4 is 17.7 Å². The van der Waals surface area contributed by atoms with E-state index in [4.69, 9.17) is 4.74 Å². The molecule has 27 heavy (non-hydrogen) atoms. The number of nitrogens with zero attached hydrogens (tertiary/aromatic N) is 2. The van der Waals surface area contributed by atoms with Crippen LogP contribution < -0.4 is 4.74 Å². The first-order valence-corrected chi connectivity index (χ1v) is 8.60. The molecule has 0 saturated carbocycles. The first-order valence-electron chi connectivity index (χ1n) is 8.60. The number of likely N-dealkylation sites (tertiary alicyclic amines) is 1. The maximum Gasteiger partial charge on any atom is 0.308 e. The SMILES string of the molecule is CC(=O)c1ccc(OCC(=O)N2C[C@@H](C(=O)O)[C@H](c3ccncc3)C2)cc1. The highest BCUT2D eigenvalue weighted by molar-refractivity contribution is 5.94. The van der Waals surface area contributed by atoms with Gasteiger partial charge in [-0.15, -0.1) is 0 Å². The third kappa shape index (κ3) is 4.31. The summed E-state index contributed by atoms with van der Waals surface area (Å²) >= 11 is 0. The normalized spacial score (nSPS) is 18.9. The summed E-state index contributed by atoms with van der Waals surface area (Å²) in [5.41, 5.74) is 1.42. The summed E-state index contributed by atoms with van der Waals surface area (Å²) in [6, 6.07) is 10.1. The zero-order chi connectivity index (χ0) is 19.4. The van der Waals surface area contributed by atoms with Gasteiger partial charge in [-0.3, -0.25) is 19.4 Å². The minimum atomic E-state index is -0.923. The maximum atomic E-state index is 12.5. The molecule has 1 fully saturated rings. The van der Waals surface area contributed by atoms with Gasteiger partial charge in [-0.1, -0.05) is 0 Å². The van der Waals surface area contributed by atoms with Crippen molar-refractivity contribution in [2.75, 3.05) is 19.7 Å². The van der Waals surface area contributed by atoms with Gasteiger partial charge < -0.3 is 14.7 Å². The van der Waals surface area contributed by atoms with Gasteiger partial charge >= 0.3 is 5.97 Å². The lowest BCUT2D eigenvalue weighted by atomic mass is 9.90. The van der Waals surface area contributed by atoms with Crippen LogP contribution in [0.25, 0.3) is 0 Å². The number of pyridine rings is 1. The monoisotopic (exact) mass is 368 g/mol. The highest BCUT2D eigenvalue weighted by Crippen LogP contribution is 2.32. The Hall–Kier alpha value is -3.22. The summed E-state index contributed by atoms with van der Waals surface area (Å²) in [5, 5.41) is 9.51. The first-order chi connectivity index (χ1) is 13.0. The molecule has 0 radical (unpaired) electrons. The quantitative estimate of drug-likeness (QED) is 0.783. The van der Waals surface area contributed by atoms with E-state index in [1.54, 1.807) is 48.8 Å². The van der Waals surface area contributed by atoms with Crippen LogP contribution in [0.3, 0.4) is 0 Å². The number of rotatable bonds is 6. The second-order valence-electron chi connectivity index (χ2n) is 6.50. The van der Waals surface area contributed by atoms with Gasteiger partial charge in [-0.2, -0.15) is 0 Å². The van der Waals surface area contributed by atoms with Crippen LogP contribution in [0.15, 0.2) is 48.8 Å². The Labute approximate surface area is 156 Å². The number of amides is 1. The van der Waals surface area contributed by atoms with Crippen LogP contribution in [-0.4, -0.2) is 52.3 Å². The van der Waals surface area contributed by atoms with E-state index < -0.39 is 11.9 Å². The van der Waals surface area contributed by atoms with E-state index in [0.29, 0.717) is 17.9 Å². The molecule has 0 spiro atoms. The fourth-order valence-corrected chi connectivity index (χ4v) is 3.23. The van der Waals surface area contributed by atoms with Crippen molar-refractivity contribution in [3.05, 3.63) is 59.9 Å². The first kappa shape index (κ1) is 18.6. The lowest BCUT2D eigenvalue weighted by Gasteiger charge is -2.17. The summed E-state index contributed by atoms with van der Waals surface area (Å²) in [5.74, 6) is -1.69. The van der Waals surface area contributed by atoms with E-state index in [9.17, 15) is 19.5 Å². The third-order valence-electron chi connectivity index (χ3n) is 4.75. The van der Waals surface area contributed by atoms with Crippen LogP contribution in [0.4, 0.5) is 0 Å². The van der Waals surface area contributed by atoms with E-state index in [2.05, 4.69) is 4.98 Å². The molecule has 1 aliphatic heterocycles. The molecular weight excluding hydrogens is 348 g/mol. The third-order valence-corrected chi connectivity index (χ3v) is 4.75. The highest BCUT2D eigenvalue weighted by Gasteiger charge is 2.40. The van der Waals surface area contributed by atoms with Crippen molar-refractivity contribution in [1.29, 1.82) is 0 Å². The average Bonchev–Trinajstić information content (AvgIpc) is 3.13. The van der Waals surface area contributed by atoms with Gasteiger partial charge in [0.25, 0.3) is 5.91 Å². The van der Waals surface area contributed by atoms with E-state index in [1.807, 2.05) is 0 Å². The Kier molecular flexibility index (Phi) is 5.49. The van der Waals surface area contributed by atoms with Crippen LogP contribution in [-0.2, 0) is 9.59 Å². The van der Waals surface area contributed by atoms with Gasteiger partial charge in [0.2, 0.25) is 0 Å². The largest absolute Gasteiger partial charge is 0.484 e. The number of carboxylic acids is 1. The van der Waals surface area contributed by atoms with Gasteiger partial charge in [0.1, 0.15) is 5.75 Å². The molecule has 2 atom stereocenters. The lowest BCUT2D eigenvalue weighted by Crippen LogP contribution is -2.33. The number of hydrogen-bond donors (Lipinski definition) is 1. The molecule has 7 heteroatoms. The van der Waals surface area contributed by atoms with Crippen molar-refractivity contribution in [3.63, 3.8) is 0 Å². The van der Waals surface area contributed by atoms with E-state index in [0.717, 1.165) is 5.56 Å². The number of Topliss-reactive ketones (excluding diaryl/α,β-unsaturated/α-hetero) is 1. The highest BCUT2D eigenvalue weighted by atomic mass is 16.5. The van der Waals surface area contributed by atoms with Crippen molar-refractivity contribution in [2.24, 2.45) is 5.92 Å². The zero-order valence-corrected chi connectivity index (χ0v) is 14.9. The molecule has 7 nitrogen and oxygen atoms in total. The molecule has 0 unspecified atom stereocenters. The Morgan fingerprint density at radius 2 is 1.78 bits per heavy atom. The number of aromatic nitrogens is 1. The number of ketones is 1. The number of carboxylic acid groups (broad SMARTS) is 1. The van der Waals surface area contributed by atoms with Crippen molar-refractivity contribution in [2.45, 2.75) is 12.8 Å². The zero-order valence-electron chi connectivity index (χ0n) is 14.9. The summed E-state index contributed by atoms with van der Waals surface area (Å²) in [6.45, 7) is 1.76. The molecule has 1 N–H and O–H groups in total. The van der Waals surface area contributed by atoms with Crippen LogP contribution in [0, 0.1) is 5.92 Å². The molecule has 1 aromatic carbocycles. The molecule has 3 rings (SSSR count). The molecule has 0 aliphatic carbocycles. The molecule has 1 aromatic heterocycles. The molecule has 1 amide bonds. The van der Waals surface area contributed by atoms with Crippen molar-refractivity contribution < 1.29 is 24.2 Å². The predicted molar refractivity (Wildman–Crippen MR) is 96.6 cm³/mol. The predicted octanol–water partition coefficient (Wildman–Crippen LogP) is 1.99. The fraction of sp³-hybridized carbons (Fsp3) is 0.300. The van der Waals surface area contributed by atoms with Gasteiger partial charge in [-0.05, 0) is 48.9 Å². The number of aliphatic carboxylic acids is 1. The van der Waals surface area contributed by atoms with Crippen LogP contribution in [0.1, 0.15) is 28.8 Å². The molecular formula is C20H20N2O5. The smallest absolute Gasteiger partial charge is 0.308 e. The minimum absolute atomic E-state index is 0.0449. The molecule has 0 bridgehead atoms. The second-order valence-corrected chi connectivity index (χ2v) is 6.50. The fourth-order valence-electron chi connectivity index (χ4n) is 3.23. The van der Waals surface area contributed by atoms with Gasteiger partial charge in [0.05, 0.1) is 5.92 Å². The summed E-state index contributed by atoms with van der Waals surface area (Å²) in [6.07, 6.45) is 3.24. The molecule has 140 valence electrons. The summed E-state index contributed by atoms with van der Waals surface area (Å²) in [7, 11) is 0. The summed E-state index contributed by atoms with van der Waals surface area (Å²) in [4.78, 5) is 40.8. The number of hydrogen-bond acceptors (Lipinski definition) is 5. The molecule has 2 aromatic rings. The number of ether oxygens (including phenoxy) is 1. The van der Waals surface area contributed by atoms with Gasteiger partial charge in [0.15, 0.2) is 12.4 Å². The maximum absolute atomic E-state index is 12.5. The molecule has 1 aliphatic rings. The van der Waals surface area contributed by atoms with Crippen LogP contribution in [0.5, 0.6) is 5.75 Å². The van der Waals surface area contributed by atoms with Crippen LogP contribution in [0.2, 0.25) is 0 Å². The number of carbonyl (C=O) groups is 3. The summed E-state index contributed by atoms with van der Waals surface area (Å²) < 4.78 is 5.49. The number of benzene rings is 1. The Morgan fingerprint density at radius 1 is 1.11 bits per heavy atom. The van der Waals surface area contributed by atoms with Crippen LogP contribution >= 0.6 is 0 Å². The lowest BCUT2D eigenvalue weighted by molar-refractivity contribution is -0.142. The molecule has 2 heterocycles. The standard InChI is InChI=1S/C20H20N2O5/c1-13(23)14-2-4-16(5-3-14)27-12-19(24)22-10-17(18(11-22)20(25)26)15-6-8-21-9-7-15/h2-9,17-18H,10-12H2,1H3,(H,25,26)/t17-,18+/m0/s1. The van der Waals surface area contributed by atoms with E-state index in [1.165, 1.54) is 11.8 Å². The number of carbonyl (C=O) groups excluding carboxylic acids is 2. The second kappa shape index (κ2) is 7.99. The average molecular weight is 368 g/mol. The van der Waals surface area contributed by atoms with E-state index in [-0.39, 0.29) is 30.8 Å². The Morgan fingerprint density at radius 3 is 2.37 bits per heavy atom. The topological polar surface area (TPSA) is 96.8 Å². The van der Waals surface area contributed by atoms with Crippen molar-refractivity contribution in [3.8, 4) is 5.75 Å². The van der Waals surface area contributed by atoms with Gasteiger partial charge in [0, 0.05) is 37.0 Å².